The van der Waals surface area contributed by atoms with E-state index in [0.717, 1.165) is 11.3 Å². The molecular weight excluding hydrogens is 173 g/mol. The van der Waals surface area contributed by atoms with Gasteiger partial charge in [0.1, 0.15) is 0 Å². The zero-order valence-corrected chi connectivity index (χ0v) is 7.26. The molecule has 0 aliphatic carbocycles. The van der Waals surface area contributed by atoms with E-state index >= 15 is 0 Å². The maximum Gasteiger partial charge on any atom is 0.0519 e. The number of nitrogens with two attached hydrogens (primary N) is 1. The van der Waals surface area contributed by atoms with Crippen LogP contribution in [-0.4, -0.2) is 10.2 Å². The molecule has 0 amide bonds. The fourth-order valence-electron chi connectivity index (χ4n) is 0.580. The lowest BCUT2D eigenvalue weighted by atomic mass is 10.3. The third-order valence-corrected chi connectivity index (χ3v) is 1.14. The van der Waals surface area contributed by atoms with Gasteiger partial charge in [-0.3, -0.25) is 5.10 Å². The van der Waals surface area contributed by atoms with Crippen LogP contribution in [0, 0.1) is 6.92 Å². The highest BCUT2D eigenvalue weighted by atomic mass is 35.5. The first kappa shape index (κ1) is 12.4. The normalized spacial score (nSPS) is 7.80. The molecule has 0 bridgehead atoms. The van der Waals surface area contributed by atoms with Crippen molar-refractivity contribution in [2.75, 3.05) is 0 Å². The van der Waals surface area contributed by atoms with Gasteiger partial charge in [-0.05, 0) is 12.5 Å². The van der Waals surface area contributed by atoms with Gasteiger partial charge in [-0.1, -0.05) is 0 Å². The van der Waals surface area contributed by atoms with Crippen molar-refractivity contribution in [1.82, 2.24) is 10.2 Å². The molecule has 0 aromatic carbocycles. The molecule has 0 spiro atoms. The Morgan fingerprint density at radius 2 is 2.20 bits per heavy atom. The molecule has 3 nitrogen and oxygen atoms in total. The summed E-state index contributed by atoms with van der Waals surface area (Å²) >= 11 is 0. The highest BCUT2D eigenvalue weighted by Crippen LogP contribution is 1.98. The summed E-state index contributed by atoms with van der Waals surface area (Å²) in [7, 11) is 0. The molecule has 0 saturated heterocycles. The monoisotopic (exact) mass is 183 g/mol. The van der Waals surface area contributed by atoms with Gasteiger partial charge < -0.3 is 5.73 Å². The summed E-state index contributed by atoms with van der Waals surface area (Å²) in [4.78, 5) is 0. The quantitative estimate of drug-likeness (QED) is 0.684. The van der Waals surface area contributed by atoms with Crippen molar-refractivity contribution in [3.05, 3.63) is 17.5 Å². The van der Waals surface area contributed by atoms with Crippen molar-refractivity contribution in [2.24, 2.45) is 5.73 Å². The van der Waals surface area contributed by atoms with Crippen LogP contribution in [0.3, 0.4) is 0 Å². The number of H-pyrrole nitrogens is 1. The Labute approximate surface area is 72.2 Å². The second-order valence-electron chi connectivity index (χ2n) is 1.74. The SMILES string of the molecule is Cc1cn[nH]c1CN.Cl.Cl. The standard InChI is InChI=1S/C5H9N3.2ClH/c1-4-3-7-8-5(4)2-6;;/h3H,2,6H2,1H3,(H,7,8);2*1H. The fraction of sp³-hybridized carbons (Fsp3) is 0.400. The van der Waals surface area contributed by atoms with Crippen LogP contribution in [0.4, 0.5) is 0 Å². The summed E-state index contributed by atoms with van der Waals surface area (Å²) in [5.74, 6) is 0. The van der Waals surface area contributed by atoms with E-state index in [1.54, 1.807) is 6.20 Å². The molecule has 0 saturated carbocycles. The van der Waals surface area contributed by atoms with Crippen LogP contribution < -0.4 is 5.73 Å². The van der Waals surface area contributed by atoms with Crippen LogP contribution in [0.1, 0.15) is 11.3 Å². The Hall–Kier alpha value is -0.250. The molecule has 0 unspecified atom stereocenters. The van der Waals surface area contributed by atoms with Gasteiger partial charge >= 0.3 is 0 Å². The van der Waals surface area contributed by atoms with Crippen molar-refractivity contribution in [3.8, 4) is 0 Å². The lowest BCUT2D eigenvalue weighted by molar-refractivity contribution is 0.941. The lowest BCUT2D eigenvalue weighted by Gasteiger charge is -1.87. The van der Waals surface area contributed by atoms with E-state index in [1.165, 1.54) is 0 Å². The van der Waals surface area contributed by atoms with Gasteiger partial charge in [-0.15, -0.1) is 24.8 Å². The Balaban J connectivity index is 0. The molecule has 0 atom stereocenters. The third-order valence-electron chi connectivity index (χ3n) is 1.14. The number of aromatic nitrogens is 2. The number of rotatable bonds is 1. The Morgan fingerprint density at radius 3 is 2.40 bits per heavy atom. The Bertz CT molecular complexity index is 175. The number of halogens is 2. The van der Waals surface area contributed by atoms with E-state index in [9.17, 15) is 0 Å². The summed E-state index contributed by atoms with van der Waals surface area (Å²) in [5.41, 5.74) is 7.47. The summed E-state index contributed by atoms with van der Waals surface area (Å²) in [6, 6.07) is 0. The smallest absolute Gasteiger partial charge is 0.0519 e. The maximum atomic E-state index is 5.32. The van der Waals surface area contributed by atoms with Crippen molar-refractivity contribution < 1.29 is 0 Å². The largest absolute Gasteiger partial charge is 0.325 e. The summed E-state index contributed by atoms with van der Waals surface area (Å²) in [6.45, 7) is 2.53. The van der Waals surface area contributed by atoms with Gasteiger partial charge in [0, 0.05) is 6.54 Å². The second kappa shape index (κ2) is 5.53. The Kier molecular flexibility index (Phi) is 6.87. The minimum absolute atomic E-state index is 0. The molecule has 0 aliphatic heterocycles. The number of nitrogens with one attached hydrogen (secondary N) is 1. The number of aryl methyl sites for hydroxylation is 1. The molecule has 1 aromatic heterocycles. The highest BCUT2D eigenvalue weighted by molar-refractivity contribution is 5.85. The van der Waals surface area contributed by atoms with Crippen molar-refractivity contribution in [2.45, 2.75) is 13.5 Å². The van der Waals surface area contributed by atoms with E-state index in [0.29, 0.717) is 6.54 Å². The molecule has 0 aliphatic rings. The first-order valence-electron chi connectivity index (χ1n) is 2.53. The van der Waals surface area contributed by atoms with Gasteiger partial charge in [0.05, 0.1) is 11.9 Å². The zero-order valence-electron chi connectivity index (χ0n) is 5.63. The number of nitrogens with zero attached hydrogens (tertiary/aromatic N) is 1. The fourth-order valence-corrected chi connectivity index (χ4v) is 0.580. The minimum atomic E-state index is 0. The predicted molar refractivity (Wildman–Crippen MR) is 45.7 cm³/mol. The first-order valence-corrected chi connectivity index (χ1v) is 2.53. The molecule has 1 rings (SSSR count). The molecule has 1 aromatic rings. The predicted octanol–water partition coefficient (Wildman–Crippen LogP) is 1.02. The first-order chi connectivity index (χ1) is 3.84. The van der Waals surface area contributed by atoms with Crippen LogP contribution in [-0.2, 0) is 6.54 Å². The molecule has 60 valence electrons. The van der Waals surface area contributed by atoms with Gasteiger partial charge in [-0.2, -0.15) is 5.10 Å². The van der Waals surface area contributed by atoms with Crippen LogP contribution in [0.25, 0.3) is 0 Å². The van der Waals surface area contributed by atoms with Gasteiger partial charge in [0.25, 0.3) is 0 Å². The van der Waals surface area contributed by atoms with E-state index in [-0.39, 0.29) is 24.8 Å². The topological polar surface area (TPSA) is 54.7 Å². The zero-order chi connectivity index (χ0) is 5.98. The summed E-state index contributed by atoms with van der Waals surface area (Å²) < 4.78 is 0. The minimum Gasteiger partial charge on any atom is -0.325 e. The van der Waals surface area contributed by atoms with Crippen LogP contribution in [0.2, 0.25) is 0 Å². The third kappa shape index (κ3) is 2.56. The van der Waals surface area contributed by atoms with Crippen molar-refractivity contribution in [1.29, 1.82) is 0 Å². The van der Waals surface area contributed by atoms with E-state index in [2.05, 4.69) is 10.2 Å². The van der Waals surface area contributed by atoms with Gasteiger partial charge in [0.2, 0.25) is 0 Å². The molecular formula is C5H11Cl2N3. The van der Waals surface area contributed by atoms with E-state index in [1.807, 2.05) is 6.92 Å². The Morgan fingerprint density at radius 1 is 1.60 bits per heavy atom. The van der Waals surface area contributed by atoms with Crippen LogP contribution >= 0.6 is 24.8 Å². The number of hydrogen-bond donors (Lipinski definition) is 2. The molecule has 1 heterocycles. The lowest BCUT2D eigenvalue weighted by Crippen LogP contribution is -1.97. The van der Waals surface area contributed by atoms with E-state index < -0.39 is 0 Å². The van der Waals surface area contributed by atoms with Crippen molar-refractivity contribution in [3.63, 3.8) is 0 Å². The summed E-state index contributed by atoms with van der Waals surface area (Å²) in [6.07, 6.45) is 1.77. The van der Waals surface area contributed by atoms with E-state index in [4.69, 9.17) is 5.73 Å². The van der Waals surface area contributed by atoms with Crippen molar-refractivity contribution >= 4 is 24.8 Å². The summed E-state index contributed by atoms with van der Waals surface area (Å²) in [5, 5.41) is 6.57. The second-order valence-corrected chi connectivity index (χ2v) is 1.74. The highest BCUT2D eigenvalue weighted by Gasteiger charge is 1.93. The number of aromatic amines is 1. The van der Waals surface area contributed by atoms with Gasteiger partial charge in [0.15, 0.2) is 0 Å². The maximum absolute atomic E-state index is 5.32. The average molecular weight is 184 g/mol. The average Bonchev–Trinajstić information content (AvgIpc) is 2.14. The molecule has 0 fully saturated rings. The van der Waals surface area contributed by atoms with Crippen LogP contribution in [0.5, 0.6) is 0 Å². The molecule has 10 heavy (non-hydrogen) atoms. The molecule has 5 heteroatoms. The van der Waals surface area contributed by atoms with Gasteiger partial charge in [-0.25, -0.2) is 0 Å². The molecule has 0 radical (unpaired) electrons. The van der Waals surface area contributed by atoms with Crippen LogP contribution in [0.15, 0.2) is 6.20 Å². The molecule has 3 N–H and O–H groups in total. The number of hydrogen-bond acceptors (Lipinski definition) is 2.